The van der Waals surface area contributed by atoms with Gasteiger partial charge < -0.3 is 0 Å². The van der Waals surface area contributed by atoms with E-state index in [9.17, 15) is 10.1 Å². The molecule has 0 N–H and O–H groups in total. The van der Waals surface area contributed by atoms with Crippen molar-refractivity contribution in [1.29, 1.82) is 0 Å². The van der Waals surface area contributed by atoms with Crippen LogP contribution in [0.5, 0.6) is 0 Å². The first-order chi connectivity index (χ1) is 7.28. The van der Waals surface area contributed by atoms with Crippen molar-refractivity contribution in [2.75, 3.05) is 5.33 Å². The van der Waals surface area contributed by atoms with Gasteiger partial charge in [0, 0.05) is 11.9 Å². The number of rotatable bonds is 4. The van der Waals surface area contributed by atoms with Crippen molar-refractivity contribution in [2.45, 2.75) is 34.2 Å². The lowest BCUT2D eigenvalue weighted by molar-refractivity contribution is -0.386. The largest absolute Gasteiger partial charge is 0.312 e. The highest BCUT2D eigenvalue weighted by Crippen LogP contribution is 2.26. The van der Waals surface area contributed by atoms with Crippen LogP contribution in [0.1, 0.15) is 25.2 Å². The number of alkyl halides is 1. The number of halogens is 1. The van der Waals surface area contributed by atoms with Crippen LogP contribution in [0.2, 0.25) is 0 Å². The highest BCUT2D eigenvalue weighted by molar-refractivity contribution is 9.09. The van der Waals surface area contributed by atoms with Crippen LogP contribution in [0.25, 0.3) is 0 Å². The monoisotopic (exact) mass is 289 g/mol. The predicted molar refractivity (Wildman–Crippen MR) is 65.9 cm³/mol. The van der Waals surface area contributed by atoms with Gasteiger partial charge >= 0.3 is 5.69 Å². The maximum Gasteiger partial charge on any atom is 0.312 e. The molecule has 0 bridgehead atoms. The minimum Gasteiger partial charge on any atom is -0.262 e. The standard InChI is InChI=1S/C10H16BrN3O2/c1-7-9(14(15)16)8(2)13(12-7)6-10(3,4)5-11/h5-6H2,1-4H3. The quantitative estimate of drug-likeness (QED) is 0.486. The van der Waals surface area contributed by atoms with Crippen molar-refractivity contribution in [3.05, 3.63) is 21.5 Å². The van der Waals surface area contributed by atoms with E-state index in [0.29, 0.717) is 17.9 Å². The molecule has 1 heterocycles. The van der Waals surface area contributed by atoms with Gasteiger partial charge in [-0.15, -0.1) is 0 Å². The zero-order valence-corrected chi connectivity index (χ0v) is 11.5. The third kappa shape index (κ3) is 2.61. The van der Waals surface area contributed by atoms with Crippen LogP contribution in [0.15, 0.2) is 0 Å². The van der Waals surface area contributed by atoms with E-state index in [1.54, 1.807) is 18.5 Å². The second kappa shape index (κ2) is 4.53. The van der Waals surface area contributed by atoms with Crippen molar-refractivity contribution < 1.29 is 4.92 Å². The first-order valence-corrected chi connectivity index (χ1v) is 6.15. The smallest absolute Gasteiger partial charge is 0.262 e. The third-order valence-corrected chi connectivity index (χ3v) is 3.98. The van der Waals surface area contributed by atoms with Gasteiger partial charge in [0.15, 0.2) is 0 Å². The molecule has 0 aliphatic carbocycles. The Hall–Kier alpha value is -0.910. The van der Waals surface area contributed by atoms with Gasteiger partial charge in [0.2, 0.25) is 0 Å². The fourth-order valence-electron chi connectivity index (χ4n) is 1.55. The van der Waals surface area contributed by atoms with E-state index in [-0.39, 0.29) is 16.0 Å². The average molecular weight is 290 g/mol. The fourth-order valence-corrected chi connectivity index (χ4v) is 1.73. The fraction of sp³-hybridized carbons (Fsp3) is 0.700. The molecule has 90 valence electrons. The van der Waals surface area contributed by atoms with Crippen molar-refractivity contribution in [1.82, 2.24) is 9.78 Å². The lowest BCUT2D eigenvalue weighted by Gasteiger charge is -2.21. The van der Waals surface area contributed by atoms with Gasteiger partial charge in [0.25, 0.3) is 0 Å². The zero-order valence-electron chi connectivity index (χ0n) is 9.95. The minimum atomic E-state index is -0.366. The van der Waals surface area contributed by atoms with Crippen molar-refractivity contribution >= 4 is 21.6 Å². The molecular formula is C10H16BrN3O2. The number of hydrogen-bond acceptors (Lipinski definition) is 3. The Morgan fingerprint density at radius 3 is 2.44 bits per heavy atom. The number of aryl methyl sites for hydroxylation is 1. The van der Waals surface area contributed by atoms with Crippen LogP contribution in [0, 0.1) is 29.4 Å². The van der Waals surface area contributed by atoms with Crippen LogP contribution >= 0.6 is 15.9 Å². The summed E-state index contributed by atoms with van der Waals surface area (Å²) in [5, 5.41) is 15.9. The lowest BCUT2D eigenvalue weighted by atomic mass is 9.97. The maximum atomic E-state index is 10.8. The summed E-state index contributed by atoms with van der Waals surface area (Å²) in [7, 11) is 0. The Morgan fingerprint density at radius 2 is 2.06 bits per heavy atom. The lowest BCUT2D eigenvalue weighted by Crippen LogP contribution is -2.22. The van der Waals surface area contributed by atoms with Gasteiger partial charge in [0.05, 0.1) is 4.92 Å². The SMILES string of the molecule is Cc1nn(CC(C)(C)CBr)c(C)c1[N+](=O)[O-]. The van der Waals surface area contributed by atoms with Gasteiger partial charge in [-0.05, 0) is 19.3 Å². The molecule has 1 aromatic heterocycles. The highest BCUT2D eigenvalue weighted by Gasteiger charge is 2.25. The molecule has 0 saturated heterocycles. The van der Waals surface area contributed by atoms with Crippen molar-refractivity contribution in [3.8, 4) is 0 Å². The van der Waals surface area contributed by atoms with Crippen LogP contribution in [-0.4, -0.2) is 20.0 Å². The van der Waals surface area contributed by atoms with Gasteiger partial charge in [-0.3, -0.25) is 14.8 Å². The molecule has 16 heavy (non-hydrogen) atoms. The molecule has 6 heteroatoms. The first kappa shape index (κ1) is 13.2. The molecule has 0 radical (unpaired) electrons. The molecule has 0 aliphatic heterocycles. The van der Waals surface area contributed by atoms with Crippen molar-refractivity contribution in [2.24, 2.45) is 5.41 Å². The number of hydrogen-bond donors (Lipinski definition) is 0. The molecule has 5 nitrogen and oxygen atoms in total. The van der Waals surface area contributed by atoms with Crippen LogP contribution in [-0.2, 0) is 6.54 Å². The van der Waals surface area contributed by atoms with Crippen LogP contribution in [0.4, 0.5) is 5.69 Å². The molecule has 0 aromatic carbocycles. The Balaban J connectivity index is 3.09. The van der Waals surface area contributed by atoms with Gasteiger partial charge in [-0.1, -0.05) is 29.8 Å². The molecule has 0 spiro atoms. The maximum absolute atomic E-state index is 10.8. The molecule has 0 fully saturated rings. The van der Waals surface area contributed by atoms with E-state index in [1.807, 2.05) is 0 Å². The molecule has 0 saturated carbocycles. The summed E-state index contributed by atoms with van der Waals surface area (Å²) in [5.74, 6) is 0. The van der Waals surface area contributed by atoms with E-state index < -0.39 is 0 Å². The van der Waals surface area contributed by atoms with E-state index >= 15 is 0 Å². The summed E-state index contributed by atoms with van der Waals surface area (Å²) in [4.78, 5) is 10.5. The molecule has 0 amide bonds. The molecule has 1 rings (SSSR count). The number of nitro groups is 1. The summed E-state index contributed by atoms with van der Waals surface area (Å²) in [6, 6.07) is 0. The number of aromatic nitrogens is 2. The van der Waals surface area contributed by atoms with Crippen LogP contribution in [0.3, 0.4) is 0 Å². The number of nitrogens with zero attached hydrogens (tertiary/aromatic N) is 3. The average Bonchev–Trinajstić information content (AvgIpc) is 2.41. The normalized spacial score (nSPS) is 11.8. The minimum absolute atomic E-state index is 0.0249. The summed E-state index contributed by atoms with van der Waals surface area (Å²) < 4.78 is 1.72. The molecule has 0 unspecified atom stereocenters. The first-order valence-electron chi connectivity index (χ1n) is 5.03. The van der Waals surface area contributed by atoms with Crippen molar-refractivity contribution in [3.63, 3.8) is 0 Å². The summed E-state index contributed by atoms with van der Waals surface area (Å²) in [6.45, 7) is 8.25. The molecular weight excluding hydrogens is 274 g/mol. The van der Waals surface area contributed by atoms with E-state index in [2.05, 4.69) is 34.9 Å². The van der Waals surface area contributed by atoms with E-state index in [0.717, 1.165) is 5.33 Å². The summed E-state index contributed by atoms with van der Waals surface area (Å²) >= 11 is 3.43. The Morgan fingerprint density at radius 1 is 1.50 bits per heavy atom. The Labute approximate surface area is 103 Å². The summed E-state index contributed by atoms with van der Waals surface area (Å²) in [5.41, 5.74) is 1.26. The van der Waals surface area contributed by atoms with Gasteiger partial charge in [-0.25, -0.2) is 0 Å². The topological polar surface area (TPSA) is 61.0 Å². The summed E-state index contributed by atoms with van der Waals surface area (Å²) in [6.07, 6.45) is 0. The Kier molecular flexibility index (Phi) is 3.72. The van der Waals surface area contributed by atoms with E-state index in [4.69, 9.17) is 0 Å². The Bertz CT molecular complexity index is 412. The van der Waals surface area contributed by atoms with Crippen LogP contribution < -0.4 is 0 Å². The second-order valence-electron chi connectivity index (χ2n) is 4.73. The van der Waals surface area contributed by atoms with Gasteiger partial charge in [-0.2, -0.15) is 5.10 Å². The molecule has 1 aromatic rings. The van der Waals surface area contributed by atoms with E-state index in [1.165, 1.54) is 0 Å². The third-order valence-electron chi connectivity index (χ3n) is 2.47. The second-order valence-corrected chi connectivity index (χ2v) is 5.29. The molecule has 0 aliphatic rings. The van der Waals surface area contributed by atoms with Gasteiger partial charge in [0.1, 0.15) is 11.4 Å². The molecule has 0 atom stereocenters. The zero-order chi connectivity index (χ0) is 12.5. The predicted octanol–water partition coefficient (Wildman–Crippen LogP) is 2.83. The highest BCUT2D eigenvalue weighted by atomic mass is 79.9.